The van der Waals surface area contributed by atoms with Gasteiger partial charge in [-0.05, 0) is 46.6 Å². The average Bonchev–Trinajstić information content (AvgIpc) is 2.66. The molecule has 17 heavy (non-hydrogen) atoms. The minimum Gasteiger partial charge on any atom is -0.480 e. The largest absolute Gasteiger partial charge is 0.480 e. The number of aliphatic carboxylic acids is 1. The summed E-state index contributed by atoms with van der Waals surface area (Å²) < 4.78 is 0. The van der Waals surface area contributed by atoms with Crippen molar-refractivity contribution in [2.45, 2.75) is 64.1 Å². The minimum absolute atomic E-state index is 0.592. The fourth-order valence-corrected chi connectivity index (χ4v) is 2.66. The molecule has 4 nitrogen and oxygen atoms in total. The Labute approximate surface area is 104 Å². The normalized spacial score (nSPS) is 29.2. The third-order valence-corrected chi connectivity index (χ3v) is 4.32. The minimum atomic E-state index is -0.805. The van der Waals surface area contributed by atoms with Crippen molar-refractivity contribution in [1.29, 1.82) is 0 Å². The van der Waals surface area contributed by atoms with Gasteiger partial charge in [0.1, 0.15) is 5.54 Å². The van der Waals surface area contributed by atoms with Crippen molar-refractivity contribution in [3.05, 3.63) is 0 Å². The Balaban J connectivity index is 2.56. The fourth-order valence-electron chi connectivity index (χ4n) is 2.66. The molecular formula is C13H26N2O2. The van der Waals surface area contributed by atoms with Crippen molar-refractivity contribution in [2.24, 2.45) is 0 Å². The smallest absolute Gasteiger partial charge is 0.323 e. The molecule has 1 fully saturated rings. The van der Waals surface area contributed by atoms with E-state index in [1.807, 2.05) is 0 Å². The average molecular weight is 242 g/mol. The molecule has 0 aromatic heterocycles. The van der Waals surface area contributed by atoms with Crippen LogP contribution in [0.25, 0.3) is 0 Å². The maximum atomic E-state index is 11.2. The van der Waals surface area contributed by atoms with E-state index in [0.29, 0.717) is 18.5 Å². The van der Waals surface area contributed by atoms with Gasteiger partial charge in [-0.2, -0.15) is 0 Å². The third kappa shape index (κ3) is 3.19. The molecule has 3 unspecified atom stereocenters. The zero-order valence-electron chi connectivity index (χ0n) is 11.5. The van der Waals surface area contributed by atoms with E-state index in [1.165, 1.54) is 12.8 Å². The molecule has 0 spiro atoms. The molecule has 100 valence electrons. The van der Waals surface area contributed by atoms with Crippen LogP contribution in [-0.2, 0) is 4.79 Å². The Bertz CT molecular complexity index is 270. The fraction of sp³-hybridized carbons (Fsp3) is 0.923. The number of rotatable bonds is 6. The van der Waals surface area contributed by atoms with Gasteiger partial charge in [0, 0.05) is 18.6 Å². The summed E-state index contributed by atoms with van der Waals surface area (Å²) >= 11 is 0. The van der Waals surface area contributed by atoms with E-state index in [0.717, 1.165) is 13.0 Å². The van der Waals surface area contributed by atoms with Crippen LogP contribution in [0.3, 0.4) is 0 Å². The molecule has 1 saturated heterocycles. The first kappa shape index (κ1) is 14.5. The highest BCUT2D eigenvalue weighted by molar-refractivity contribution is 5.78. The summed E-state index contributed by atoms with van der Waals surface area (Å²) in [7, 11) is 1.72. The highest BCUT2D eigenvalue weighted by atomic mass is 16.4. The van der Waals surface area contributed by atoms with Gasteiger partial charge in [-0.3, -0.25) is 9.69 Å². The maximum Gasteiger partial charge on any atom is 0.323 e. The molecule has 1 heterocycles. The van der Waals surface area contributed by atoms with Gasteiger partial charge in [0.2, 0.25) is 0 Å². The number of hydrogen-bond donors (Lipinski definition) is 2. The summed E-state index contributed by atoms with van der Waals surface area (Å²) in [6, 6.07) is 1.23. The first-order chi connectivity index (χ1) is 7.94. The molecule has 0 amide bonds. The van der Waals surface area contributed by atoms with Crippen LogP contribution in [-0.4, -0.2) is 47.2 Å². The summed E-state index contributed by atoms with van der Waals surface area (Å²) in [6.07, 6.45) is 4.30. The number of likely N-dealkylation sites (tertiary alicyclic amines) is 1. The lowest BCUT2D eigenvalue weighted by atomic mass is 9.97. The SMILES string of the molecule is CCC1CCC(C)N1CCC(C)(NC)C(=O)O. The highest BCUT2D eigenvalue weighted by Gasteiger charge is 2.35. The lowest BCUT2D eigenvalue weighted by molar-refractivity contribution is -0.144. The molecule has 4 heteroatoms. The van der Waals surface area contributed by atoms with E-state index in [4.69, 9.17) is 0 Å². The van der Waals surface area contributed by atoms with Crippen molar-refractivity contribution >= 4 is 5.97 Å². The molecule has 0 bridgehead atoms. The van der Waals surface area contributed by atoms with Gasteiger partial charge in [-0.1, -0.05) is 6.92 Å². The van der Waals surface area contributed by atoms with Gasteiger partial charge >= 0.3 is 5.97 Å². The molecule has 1 aliphatic heterocycles. The van der Waals surface area contributed by atoms with E-state index in [1.54, 1.807) is 14.0 Å². The van der Waals surface area contributed by atoms with Crippen molar-refractivity contribution in [1.82, 2.24) is 10.2 Å². The summed E-state index contributed by atoms with van der Waals surface area (Å²) in [6.45, 7) is 7.08. The first-order valence-corrected chi connectivity index (χ1v) is 6.62. The first-order valence-electron chi connectivity index (χ1n) is 6.62. The Kier molecular flexibility index (Phi) is 4.95. The van der Waals surface area contributed by atoms with E-state index < -0.39 is 11.5 Å². The predicted molar refractivity (Wildman–Crippen MR) is 69.2 cm³/mol. The van der Waals surface area contributed by atoms with Crippen molar-refractivity contribution in [2.75, 3.05) is 13.6 Å². The number of carbonyl (C=O) groups is 1. The van der Waals surface area contributed by atoms with Gasteiger partial charge in [-0.15, -0.1) is 0 Å². The van der Waals surface area contributed by atoms with Crippen LogP contribution in [0, 0.1) is 0 Å². The standard InChI is InChI=1S/C13H26N2O2/c1-5-11-7-6-10(2)15(11)9-8-13(3,14-4)12(16)17/h10-11,14H,5-9H2,1-4H3,(H,16,17). The quantitative estimate of drug-likeness (QED) is 0.744. The molecule has 0 aromatic rings. The van der Waals surface area contributed by atoms with Gasteiger partial charge < -0.3 is 10.4 Å². The second-order valence-corrected chi connectivity index (χ2v) is 5.36. The number of likely N-dealkylation sites (N-methyl/N-ethyl adjacent to an activating group) is 1. The number of carboxylic acids is 1. The highest BCUT2D eigenvalue weighted by Crippen LogP contribution is 2.27. The van der Waals surface area contributed by atoms with Crippen LogP contribution in [0.15, 0.2) is 0 Å². The maximum absolute atomic E-state index is 11.2. The van der Waals surface area contributed by atoms with Crippen LogP contribution in [0.5, 0.6) is 0 Å². The topological polar surface area (TPSA) is 52.6 Å². The molecule has 0 aliphatic carbocycles. The van der Waals surface area contributed by atoms with E-state index in [2.05, 4.69) is 24.1 Å². The molecule has 0 aromatic carbocycles. The predicted octanol–water partition coefficient (Wildman–Crippen LogP) is 1.70. The summed E-state index contributed by atoms with van der Waals surface area (Å²) in [4.78, 5) is 13.7. The monoisotopic (exact) mass is 242 g/mol. The van der Waals surface area contributed by atoms with Crippen molar-refractivity contribution < 1.29 is 9.90 Å². The van der Waals surface area contributed by atoms with Crippen LogP contribution in [0.1, 0.15) is 46.5 Å². The Morgan fingerprint density at radius 2 is 2.18 bits per heavy atom. The Hall–Kier alpha value is -0.610. The van der Waals surface area contributed by atoms with Gasteiger partial charge in [0.15, 0.2) is 0 Å². The van der Waals surface area contributed by atoms with Crippen LogP contribution < -0.4 is 5.32 Å². The number of hydrogen-bond acceptors (Lipinski definition) is 3. The molecular weight excluding hydrogens is 216 g/mol. The second kappa shape index (κ2) is 5.83. The van der Waals surface area contributed by atoms with Crippen LogP contribution >= 0.6 is 0 Å². The zero-order valence-corrected chi connectivity index (χ0v) is 11.5. The second-order valence-electron chi connectivity index (χ2n) is 5.36. The molecule has 0 saturated carbocycles. The van der Waals surface area contributed by atoms with Crippen molar-refractivity contribution in [3.8, 4) is 0 Å². The number of nitrogens with zero attached hydrogens (tertiary/aromatic N) is 1. The van der Waals surface area contributed by atoms with Crippen molar-refractivity contribution in [3.63, 3.8) is 0 Å². The van der Waals surface area contributed by atoms with E-state index in [-0.39, 0.29) is 0 Å². The number of nitrogens with one attached hydrogen (secondary N) is 1. The lowest BCUT2D eigenvalue weighted by Gasteiger charge is -2.32. The van der Waals surface area contributed by atoms with E-state index in [9.17, 15) is 9.90 Å². The van der Waals surface area contributed by atoms with E-state index >= 15 is 0 Å². The third-order valence-electron chi connectivity index (χ3n) is 4.32. The molecule has 2 N–H and O–H groups in total. The molecule has 3 atom stereocenters. The molecule has 1 rings (SSSR count). The summed E-state index contributed by atoms with van der Waals surface area (Å²) in [5.41, 5.74) is -0.805. The summed E-state index contributed by atoms with van der Waals surface area (Å²) in [5, 5.41) is 12.1. The van der Waals surface area contributed by atoms with Gasteiger partial charge in [0.25, 0.3) is 0 Å². The van der Waals surface area contributed by atoms with Crippen LogP contribution in [0.4, 0.5) is 0 Å². The van der Waals surface area contributed by atoms with Crippen LogP contribution in [0.2, 0.25) is 0 Å². The zero-order chi connectivity index (χ0) is 13.1. The number of carboxylic acid groups (broad SMARTS) is 1. The summed E-state index contributed by atoms with van der Waals surface area (Å²) in [5.74, 6) is -0.764. The van der Waals surface area contributed by atoms with Gasteiger partial charge in [-0.25, -0.2) is 0 Å². The van der Waals surface area contributed by atoms with Gasteiger partial charge in [0.05, 0.1) is 0 Å². The molecule has 1 aliphatic rings. The Morgan fingerprint density at radius 3 is 2.65 bits per heavy atom. The Morgan fingerprint density at radius 1 is 1.53 bits per heavy atom. The lowest BCUT2D eigenvalue weighted by Crippen LogP contribution is -2.50. The molecule has 0 radical (unpaired) electrons.